The van der Waals surface area contributed by atoms with Crippen molar-refractivity contribution in [1.29, 1.82) is 0 Å². The third-order valence-corrected chi connectivity index (χ3v) is 2.57. The minimum absolute atomic E-state index is 0.536. The average Bonchev–Trinajstić information content (AvgIpc) is 2.85. The monoisotopic (exact) mass is 252 g/mol. The van der Waals surface area contributed by atoms with Crippen LogP contribution in [0.1, 0.15) is 0 Å². The Bertz CT molecular complexity index is 676. The number of hydrogen-bond donors (Lipinski definition) is 1. The third kappa shape index (κ3) is 2.57. The molecule has 0 aromatic carbocycles. The number of hydrogen-bond acceptors (Lipinski definition) is 5. The Kier molecular flexibility index (Phi) is 2.89. The third-order valence-electron chi connectivity index (χ3n) is 2.57. The van der Waals surface area contributed by atoms with Gasteiger partial charge in [0.15, 0.2) is 0 Å². The van der Waals surface area contributed by atoms with Crippen LogP contribution in [0.25, 0.3) is 11.3 Å². The zero-order valence-electron chi connectivity index (χ0n) is 10.4. The predicted molar refractivity (Wildman–Crippen MR) is 71.8 cm³/mol. The number of aryl methyl sites for hydroxylation is 1. The molecule has 0 fully saturated rings. The molecule has 0 radical (unpaired) electrons. The van der Waals surface area contributed by atoms with E-state index in [9.17, 15) is 0 Å². The van der Waals surface area contributed by atoms with E-state index in [0.717, 1.165) is 16.9 Å². The number of anilines is 2. The highest BCUT2D eigenvalue weighted by atomic mass is 15.3. The molecule has 0 bridgehead atoms. The molecular weight excluding hydrogens is 240 g/mol. The molecule has 0 atom stereocenters. The predicted octanol–water partition coefficient (Wildman–Crippen LogP) is 2.02. The van der Waals surface area contributed by atoms with Gasteiger partial charge in [-0.1, -0.05) is 0 Å². The Morgan fingerprint density at radius 1 is 1.16 bits per heavy atom. The second-order valence-electron chi connectivity index (χ2n) is 4.03. The number of nitrogens with one attached hydrogen (secondary N) is 1. The Morgan fingerprint density at radius 2 is 2.11 bits per heavy atom. The van der Waals surface area contributed by atoms with Crippen molar-refractivity contribution in [3.63, 3.8) is 0 Å². The number of aromatic nitrogens is 5. The summed E-state index contributed by atoms with van der Waals surface area (Å²) >= 11 is 0. The van der Waals surface area contributed by atoms with Crippen molar-refractivity contribution in [3.05, 3.63) is 49.2 Å². The van der Waals surface area contributed by atoms with E-state index in [2.05, 4.69) is 25.4 Å². The molecule has 0 saturated heterocycles. The lowest BCUT2D eigenvalue weighted by Gasteiger charge is -2.04. The molecule has 0 aliphatic heterocycles. The van der Waals surface area contributed by atoms with Crippen LogP contribution in [-0.4, -0.2) is 24.7 Å². The molecule has 3 aromatic rings. The molecule has 0 aliphatic carbocycles. The summed E-state index contributed by atoms with van der Waals surface area (Å²) in [5.74, 6) is 0.536. The van der Waals surface area contributed by atoms with Crippen LogP contribution in [0.3, 0.4) is 0 Å². The standard InChI is InChI=1S/C13H12N6/c1-19-9-11(8-16-19)17-13-15-6-4-12(18-13)10-3-2-5-14-7-10/h2-9H,1H3,(H,15,17,18). The number of pyridine rings is 1. The molecule has 3 rings (SSSR count). The summed E-state index contributed by atoms with van der Waals surface area (Å²) in [5, 5.41) is 7.19. The first kappa shape index (κ1) is 11.3. The van der Waals surface area contributed by atoms with Gasteiger partial charge in [-0.05, 0) is 18.2 Å². The molecule has 3 heterocycles. The number of rotatable bonds is 3. The van der Waals surface area contributed by atoms with Crippen molar-refractivity contribution in [1.82, 2.24) is 24.7 Å². The molecule has 0 spiro atoms. The summed E-state index contributed by atoms with van der Waals surface area (Å²) in [5.41, 5.74) is 2.64. The average molecular weight is 252 g/mol. The molecule has 6 heteroatoms. The second kappa shape index (κ2) is 4.85. The van der Waals surface area contributed by atoms with Crippen LogP contribution in [0.15, 0.2) is 49.2 Å². The van der Waals surface area contributed by atoms with Crippen LogP contribution in [0.4, 0.5) is 11.6 Å². The van der Waals surface area contributed by atoms with Crippen molar-refractivity contribution in [3.8, 4) is 11.3 Å². The van der Waals surface area contributed by atoms with Gasteiger partial charge in [0.1, 0.15) is 0 Å². The van der Waals surface area contributed by atoms with Gasteiger partial charge in [-0.25, -0.2) is 9.97 Å². The van der Waals surface area contributed by atoms with Crippen LogP contribution in [0.5, 0.6) is 0 Å². The van der Waals surface area contributed by atoms with Crippen molar-refractivity contribution in [2.45, 2.75) is 0 Å². The van der Waals surface area contributed by atoms with E-state index in [-0.39, 0.29) is 0 Å². The van der Waals surface area contributed by atoms with Crippen molar-refractivity contribution < 1.29 is 0 Å². The summed E-state index contributed by atoms with van der Waals surface area (Å²) in [7, 11) is 1.86. The molecule has 6 nitrogen and oxygen atoms in total. The first-order valence-electron chi connectivity index (χ1n) is 5.80. The fourth-order valence-corrected chi connectivity index (χ4v) is 1.71. The van der Waals surface area contributed by atoms with E-state index in [1.54, 1.807) is 29.5 Å². The highest BCUT2D eigenvalue weighted by Gasteiger charge is 2.03. The smallest absolute Gasteiger partial charge is 0.227 e. The molecule has 0 saturated carbocycles. The van der Waals surface area contributed by atoms with Crippen LogP contribution >= 0.6 is 0 Å². The number of nitrogens with zero attached hydrogens (tertiary/aromatic N) is 5. The maximum Gasteiger partial charge on any atom is 0.227 e. The molecule has 3 aromatic heterocycles. The molecule has 0 unspecified atom stereocenters. The van der Waals surface area contributed by atoms with Gasteiger partial charge in [-0.15, -0.1) is 0 Å². The van der Waals surface area contributed by atoms with Gasteiger partial charge in [0.25, 0.3) is 0 Å². The van der Waals surface area contributed by atoms with Crippen LogP contribution in [0.2, 0.25) is 0 Å². The van der Waals surface area contributed by atoms with Crippen LogP contribution < -0.4 is 5.32 Å². The van der Waals surface area contributed by atoms with E-state index in [0.29, 0.717) is 5.95 Å². The van der Waals surface area contributed by atoms with E-state index in [1.165, 1.54) is 0 Å². The Hall–Kier alpha value is -2.76. The lowest BCUT2D eigenvalue weighted by molar-refractivity contribution is 0.768. The fourth-order valence-electron chi connectivity index (χ4n) is 1.71. The molecule has 19 heavy (non-hydrogen) atoms. The summed E-state index contributed by atoms with van der Waals surface area (Å²) in [6.07, 6.45) is 8.81. The first-order chi connectivity index (χ1) is 9.31. The lowest BCUT2D eigenvalue weighted by atomic mass is 10.2. The molecule has 1 N–H and O–H groups in total. The van der Waals surface area contributed by atoms with Gasteiger partial charge in [0.2, 0.25) is 5.95 Å². The minimum atomic E-state index is 0.536. The molecule has 94 valence electrons. The van der Waals surface area contributed by atoms with Crippen LogP contribution in [0, 0.1) is 0 Å². The zero-order chi connectivity index (χ0) is 13.1. The maximum absolute atomic E-state index is 4.45. The van der Waals surface area contributed by atoms with Gasteiger partial charge < -0.3 is 5.32 Å². The van der Waals surface area contributed by atoms with E-state index < -0.39 is 0 Å². The first-order valence-corrected chi connectivity index (χ1v) is 5.80. The normalized spacial score (nSPS) is 10.4. The highest BCUT2D eigenvalue weighted by Crippen LogP contribution is 2.17. The quantitative estimate of drug-likeness (QED) is 0.772. The molecular formula is C13H12N6. The Labute approximate surface area is 110 Å². The Balaban J connectivity index is 1.88. The van der Waals surface area contributed by atoms with E-state index in [4.69, 9.17) is 0 Å². The summed E-state index contributed by atoms with van der Waals surface area (Å²) in [4.78, 5) is 12.7. The summed E-state index contributed by atoms with van der Waals surface area (Å²) in [6, 6.07) is 5.69. The lowest BCUT2D eigenvalue weighted by Crippen LogP contribution is -1.97. The summed E-state index contributed by atoms with van der Waals surface area (Å²) in [6.45, 7) is 0. The SMILES string of the molecule is Cn1cc(Nc2nccc(-c3cccnc3)n2)cn1. The van der Waals surface area contributed by atoms with Gasteiger partial charge in [0, 0.05) is 37.4 Å². The highest BCUT2D eigenvalue weighted by molar-refractivity contribution is 5.60. The zero-order valence-corrected chi connectivity index (χ0v) is 10.4. The van der Waals surface area contributed by atoms with Crippen molar-refractivity contribution >= 4 is 11.6 Å². The van der Waals surface area contributed by atoms with Gasteiger partial charge in [-0.3, -0.25) is 9.67 Å². The fraction of sp³-hybridized carbons (Fsp3) is 0.0769. The minimum Gasteiger partial charge on any atom is -0.321 e. The van der Waals surface area contributed by atoms with E-state index in [1.807, 2.05) is 31.4 Å². The van der Waals surface area contributed by atoms with Crippen molar-refractivity contribution in [2.75, 3.05) is 5.32 Å². The second-order valence-corrected chi connectivity index (χ2v) is 4.03. The van der Waals surface area contributed by atoms with Crippen LogP contribution in [-0.2, 0) is 7.05 Å². The maximum atomic E-state index is 4.45. The Morgan fingerprint density at radius 3 is 2.84 bits per heavy atom. The van der Waals surface area contributed by atoms with Gasteiger partial charge in [0.05, 0.1) is 17.6 Å². The largest absolute Gasteiger partial charge is 0.321 e. The molecule has 0 amide bonds. The van der Waals surface area contributed by atoms with Gasteiger partial charge in [-0.2, -0.15) is 5.10 Å². The topological polar surface area (TPSA) is 68.5 Å². The van der Waals surface area contributed by atoms with Crippen molar-refractivity contribution in [2.24, 2.45) is 7.05 Å². The molecule has 0 aliphatic rings. The van der Waals surface area contributed by atoms with Gasteiger partial charge >= 0.3 is 0 Å². The summed E-state index contributed by atoms with van der Waals surface area (Å²) < 4.78 is 1.72. The van der Waals surface area contributed by atoms with E-state index >= 15 is 0 Å².